The van der Waals surface area contributed by atoms with E-state index in [1.54, 1.807) is 0 Å². The van der Waals surface area contributed by atoms with Gasteiger partial charge in [-0.3, -0.25) is 14.4 Å². The summed E-state index contributed by atoms with van der Waals surface area (Å²) in [5, 5.41) is 0. The Bertz CT molecular complexity index is 562. The second-order valence-electron chi connectivity index (χ2n) is 10.4. The first kappa shape index (κ1) is 28.4. The lowest BCUT2D eigenvalue weighted by atomic mass is 9.91. The van der Waals surface area contributed by atoms with Crippen molar-refractivity contribution in [3.05, 3.63) is 0 Å². The second-order valence-corrected chi connectivity index (χ2v) is 10.4. The molecule has 0 spiro atoms. The number of carbonyl (C=O) groups is 3. The van der Waals surface area contributed by atoms with Gasteiger partial charge in [0.15, 0.2) is 0 Å². The molecule has 3 rings (SSSR count). The molecule has 3 aliphatic rings. The maximum atomic E-state index is 12.2. The Hall–Kier alpha value is -1.63. The van der Waals surface area contributed by atoms with Crippen molar-refractivity contribution in [1.82, 2.24) is 9.80 Å². The number of primary amides is 1. The van der Waals surface area contributed by atoms with Crippen molar-refractivity contribution in [3.63, 3.8) is 0 Å². The summed E-state index contributed by atoms with van der Waals surface area (Å²) in [7, 11) is 0. The van der Waals surface area contributed by atoms with E-state index in [-0.39, 0.29) is 11.8 Å². The van der Waals surface area contributed by atoms with E-state index in [0.29, 0.717) is 36.2 Å². The van der Waals surface area contributed by atoms with E-state index in [2.05, 4.69) is 45.3 Å². The number of ether oxygens (including phenoxy) is 1. The van der Waals surface area contributed by atoms with Gasteiger partial charge in [0.25, 0.3) is 0 Å². The predicted octanol–water partition coefficient (Wildman–Crippen LogP) is 3.74. The van der Waals surface area contributed by atoms with Gasteiger partial charge in [-0.15, -0.1) is 0 Å². The van der Waals surface area contributed by atoms with Gasteiger partial charge in [0.2, 0.25) is 18.2 Å². The minimum atomic E-state index is 0.124. The van der Waals surface area contributed by atoms with Crippen LogP contribution in [-0.4, -0.2) is 66.4 Å². The van der Waals surface area contributed by atoms with E-state index in [1.807, 2.05) is 4.90 Å². The number of nitrogens with two attached hydrogens (primary N) is 1. The highest BCUT2D eigenvalue weighted by Gasteiger charge is 2.33. The summed E-state index contributed by atoms with van der Waals surface area (Å²) in [4.78, 5) is 36.7. The third-order valence-corrected chi connectivity index (χ3v) is 5.91. The Labute approximate surface area is 195 Å². The molecule has 2 N–H and O–H groups in total. The molecule has 7 nitrogen and oxygen atoms in total. The van der Waals surface area contributed by atoms with E-state index < -0.39 is 0 Å². The minimum absolute atomic E-state index is 0.124. The fourth-order valence-corrected chi connectivity index (χ4v) is 4.03. The molecule has 3 fully saturated rings. The Kier molecular flexibility index (Phi) is 12.9. The smallest absolute Gasteiger partial charge is 0.223 e. The molecule has 2 aliphatic carbocycles. The molecule has 7 heteroatoms. The summed E-state index contributed by atoms with van der Waals surface area (Å²) < 4.78 is 5.32. The molecule has 0 atom stereocenters. The van der Waals surface area contributed by atoms with E-state index >= 15 is 0 Å². The van der Waals surface area contributed by atoms with Gasteiger partial charge >= 0.3 is 0 Å². The monoisotopic (exact) mass is 453 g/mol. The van der Waals surface area contributed by atoms with Crippen LogP contribution in [0.4, 0.5) is 0 Å². The van der Waals surface area contributed by atoms with Crippen LogP contribution in [0.2, 0.25) is 0 Å². The molecule has 2 saturated carbocycles. The number of hydrogen-bond acceptors (Lipinski definition) is 4. The lowest BCUT2D eigenvalue weighted by Gasteiger charge is -2.26. The molecule has 186 valence electrons. The van der Waals surface area contributed by atoms with Gasteiger partial charge in [-0.05, 0) is 63.2 Å². The van der Waals surface area contributed by atoms with Crippen LogP contribution in [0.15, 0.2) is 0 Å². The lowest BCUT2D eigenvalue weighted by Crippen LogP contribution is -2.35. The number of rotatable bonds is 8. The molecule has 0 aromatic carbocycles. The zero-order valence-corrected chi connectivity index (χ0v) is 21.1. The molecule has 3 amide bonds. The minimum Gasteiger partial charge on any atom is -0.381 e. The molecule has 0 bridgehead atoms. The highest BCUT2D eigenvalue weighted by atomic mass is 16.5. The van der Waals surface area contributed by atoms with Crippen LogP contribution in [0, 0.1) is 11.3 Å². The first-order chi connectivity index (χ1) is 15.2. The van der Waals surface area contributed by atoms with Gasteiger partial charge in [-0.25, -0.2) is 0 Å². The summed E-state index contributed by atoms with van der Waals surface area (Å²) in [5.74, 6) is 1.29. The third kappa shape index (κ3) is 11.8. The molecular weight excluding hydrogens is 406 g/mol. The molecule has 0 radical (unpaired) electrons. The van der Waals surface area contributed by atoms with Crippen molar-refractivity contribution in [2.45, 2.75) is 104 Å². The van der Waals surface area contributed by atoms with Gasteiger partial charge in [0.05, 0.1) is 0 Å². The summed E-state index contributed by atoms with van der Waals surface area (Å²) in [6.07, 6.45) is 9.76. The third-order valence-electron chi connectivity index (χ3n) is 5.91. The first-order valence-corrected chi connectivity index (χ1v) is 12.5. The van der Waals surface area contributed by atoms with Crippen molar-refractivity contribution >= 4 is 18.2 Å². The Morgan fingerprint density at radius 3 is 1.84 bits per heavy atom. The largest absolute Gasteiger partial charge is 0.381 e. The first-order valence-electron chi connectivity index (χ1n) is 12.5. The number of nitrogens with zero attached hydrogens (tertiary/aromatic N) is 2. The molecule has 1 saturated heterocycles. The lowest BCUT2D eigenvalue weighted by molar-refractivity contribution is -0.134. The van der Waals surface area contributed by atoms with Crippen LogP contribution in [0.5, 0.6) is 0 Å². The maximum Gasteiger partial charge on any atom is 0.223 e. The zero-order valence-electron chi connectivity index (χ0n) is 21.1. The van der Waals surface area contributed by atoms with E-state index in [4.69, 9.17) is 9.53 Å². The van der Waals surface area contributed by atoms with Crippen molar-refractivity contribution in [2.75, 3.05) is 26.3 Å². The van der Waals surface area contributed by atoms with Crippen molar-refractivity contribution in [2.24, 2.45) is 17.1 Å². The van der Waals surface area contributed by atoms with Crippen molar-refractivity contribution < 1.29 is 19.1 Å². The van der Waals surface area contributed by atoms with Crippen LogP contribution in [0.3, 0.4) is 0 Å². The molecule has 1 aliphatic heterocycles. The highest BCUT2D eigenvalue weighted by Crippen LogP contribution is 2.30. The molecule has 0 unspecified atom stereocenters. The van der Waals surface area contributed by atoms with E-state index in [0.717, 1.165) is 52.0 Å². The quantitative estimate of drug-likeness (QED) is 0.567. The predicted molar refractivity (Wildman–Crippen MR) is 128 cm³/mol. The summed E-state index contributed by atoms with van der Waals surface area (Å²) in [6.45, 7) is 14.1. The zero-order chi connectivity index (χ0) is 24.1. The molecule has 0 aromatic rings. The van der Waals surface area contributed by atoms with Crippen LogP contribution < -0.4 is 5.73 Å². The normalized spacial score (nSPS) is 18.4. The van der Waals surface area contributed by atoms with E-state index in [9.17, 15) is 9.59 Å². The number of hydrogen-bond donors (Lipinski definition) is 1. The number of amides is 3. The van der Waals surface area contributed by atoms with Crippen LogP contribution in [0.1, 0.15) is 92.4 Å². The fraction of sp³-hybridized carbons (Fsp3) is 0.880. The van der Waals surface area contributed by atoms with Gasteiger partial charge in [0.1, 0.15) is 0 Å². The molecule has 32 heavy (non-hydrogen) atoms. The van der Waals surface area contributed by atoms with Crippen molar-refractivity contribution in [1.29, 1.82) is 0 Å². The van der Waals surface area contributed by atoms with Gasteiger partial charge in [-0.1, -0.05) is 27.7 Å². The topological polar surface area (TPSA) is 92.9 Å². The SMILES string of the molecule is CCCN(C(=O)CC1CCOCC1)C1CC1.CCN(C(=O)CC(C)(C)C)C1CC1.NC=O. The average molecular weight is 454 g/mol. The maximum absolute atomic E-state index is 12.2. The highest BCUT2D eigenvalue weighted by molar-refractivity contribution is 5.77. The van der Waals surface area contributed by atoms with Gasteiger partial charge < -0.3 is 20.3 Å². The van der Waals surface area contributed by atoms with Gasteiger partial charge in [0, 0.05) is 51.2 Å². The Morgan fingerprint density at radius 2 is 1.44 bits per heavy atom. The Balaban J connectivity index is 0.000000291. The molecule has 1 heterocycles. The van der Waals surface area contributed by atoms with Crippen LogP contribution >= 0.6 is 0 Å². The summed E-state index contributed by atoms with van der Waals surface area (Å²) >= 11 is 0. The van der Waals surface area contributed by atoms with E-state index in [1.165, 1.54) is 25.7 Å². The standard InChI is InChI=1S/C13H23NO2.C11H21NO.CH3NO/c1-2-7-14(12-3-4-12)13(15)10-11-5-8-16-9-6-11;1-5-12(9-6-7-9)10(13)8-11(2,3)4;2-1-3/h11-12H,2-10H2,1H3;9H,5-8H2,1-4H3;1H,(H2,2,3). The van der Waals surface area contributed by atoms with Crippen LogP contribution in [-0.2, 0) is 19.1 Å². The number of carbonyl (C=O) groups excluding carboxylic acids is 3. The average Bonchev–Trinajstić information content (AvgIpc) is 3.61. The summed E-state index contributed by atoms with van der Waals surface area (Å²) in [6, 6.07) is 1.15. The van der Waals surface area contributed by atoms with Crippen molar-refractivity contribution in [3.8, 4) is 0 Å². The van der Waals surface area contributed by atoms with Gasteiger partial charge in [-0.2, -0.15) is 0 Å². The second kappa shape index (κ2) is 14.5. The molecule has 0 aromatic heterocycles. The van der Waals surface area contributed by atoms with Crippen LogP contribution in [0.25, 0.3) is 0 Å². The summed E-state index contributed by atoms with van der Waals surface area (Å²) in [5.41, 5.74) is 4.29. The Morgan fingerprint density at radius 1 is 0.938 bits per heavy atom. The molecular formula is C25H47N3O4. The fourth-order valence-electron chi connectivity index (χ4n) is 4.03.